The number of halogens is 1. The van der Waals surface area contributed by atoms with Gasteiger partial charge in [-0.15, -0.1) is 0 Å². The molecule has 0 aliphatic heterocycles. The van der Waals surface area contributed by atoms with Crippen molar-refractivity contribution < 1.29 is 19.1 Å². The summed E-state index contributed by atoms with van der Waals surface area (Å²) in [7, 11) is 1.62. The first-order valence-electron chi connectivity index (χ1n) is 8.13. The maximum absolute atomic E-state index is 11.7. The minimum absolute atomic E-state index is 0.179. The molecule has 0 saturated carbocycles. The van der Waals surface area contributed by atoms with E-state index < -0.39 is 5.97 Å². The normalized spacial score (nSPS) is 10.9. The summed E-state index contributed by atoms with van der Waals surface area (Å²) < 4.78 is 11.9. The van der Waals surface area contributed by atoms with Crippen molar-refractivity contribution in [2.75, 3.05) is 7.11 Å². The van der Waals surface area contributed by atoms with Crippen LogP contribution in [-0.4, -0.2) is 23.2 Å². The number of aromatic carboxylic acids is 1. The highest BCUT2D eigenvalue weighted by Crippen LogP contribution is 2.31. The third kappa shape index (κ3) is 3.31. The number of methoxy groups -OCH3 is 1. The lowest BCUT2D eigenvalue weighted by Crippen LogP contribution is -2.00. The Morgan fingerprint density at radius 1 is 1.04 bits per heavy atom. The van der Waals surface area contributed by atoms with Crippen LogP contribution in [0.3, 0.4) is 0 Å². The number of furan rings is 1. The summed E-state index contributed by atoms with van der Waals surface area (Å²) in [6.45, 7) is 0. The predicted octanol–water partition coefficient (Wildman–Crippen LogP) is 5.63. The highest BCUT2D eigenvalue weighted by atomic mass is 79.9. The summed E-state index contributed by atoms with van der Waals surface area (Å²) in [6, 6.07) is 18.0. The van der Waals surface area contributed by atoms with E-state index in [-0.39, 0.29) is 5.56 Å². The lowest BCUT2D eigenvalue weighted by Gasteiger charge is -2.06. The van der Waals surface area contributed by atoms with Crippen LogP contribution < -0.4 is 4.74 Å². The fraction of sp³-hybridized carbons (Fsp3) is 0.0476. The first kappa shape index (κ1) is 17.3. The molecular weight excluding hydrogens is 410 g/mol. The van der Waals surface area contributed by atoms with Crippen LogP contribution in [0.15, 0.2) is 69.6 Å². The van der Waals surface area contributed by atoms with Crippen molar-refractivity contribution in [3.63, 3.8) is 0 Å². The van der Waals surface area contributed by atoms with Crippen LogP contribution >= 0.6 is 15.9 Å². The molecule has 4 rings (SSSR count). The number of aromatic nitrogens is 1. The molecule has 4 aromatic rings. The molecule has 1 N–H and O–H groups in total. The van der Waals surface area contributed by atoms with Crippen molar-refractivity contribution in [2.45, 2.75) is 0 Å². The molecular formula is C21H14BrNO4. The molecule has 2 heterocycles. The SMILES string of the molecule is COc1ccc(-c2ccc(-c3cc(C(=O)O)c4cc(Br)ccc4n3)o2)cc1. The zero-order valence-corrected chi connectivity index (χ0v) is 15.9. The van der Waals surface area contributed by atoms with E-state index in [0.717, 1.165) is 15.8 Å². The molecule has 0 saturated heterocycles. The number of carbonyl (C=O) groups is 1. The van der Waals surface area contributed by atoms with Gasteiger partial charge in [-0.3, -0.25) is 0 Å². The van der Waals surface area contributed by atoms with E-state index in [2.05, 4.69) is 20.9 Å². The molecule has 5 nitrogen and oxygen atoms in total. The number of nitrogens with zero attached hydrogens (tertiary/aromatic N) is 1. The Hall–Kier alpha value is -3.12. The lowest BCUT2D eigenvalue weighted by molar-refractivity contribution is 0.0699. The highest BCUT2D eigenvalue weighted by molar-refractivity contribution is 9.10. The third-order valence-corrected chi connectivity index (χ3v) is 4.73. The van der Waals surface area contributed by atoms with Gasteiger partial charge in [-0.25, -0.2) is 9.78 Å². The number of ether oxygens (including phenoxy) is 1. The van der Waals surface area contributed by atoms with Crippen LogP contribution in [-0.2, 0) is 0 Å². The second-order valence-electron chi connectivity index (χ2n) is 5.91. The van der Waals surface area contributed by atoms with Crippen molar-refractivity contribution >= 4 is 32.8 Å². The Labute approximate surface area is 163 Å². The maximum Gasteiger partial charge on any atom is 0.336 e. The molecule has 0 bridgehead atoms. The maximum atomic E-state index is 11.7. The number of hydrogen-bond donors (Lipinski definition) is 1. The minimum atomic E-state index is -1.01. The zero-order valence-electron chi connectivity index (χ0n) is 14.3. The molecule has 0 amide bonds. The lowest BCUT2D eigenvalue weighted by atomic mass is 10.1. The Morgan fingerprint density at radius 2 is 1.78 bits per heavy atom. The average molecular weight is 424 g/mol. The van der Waals surface area contributed by atoms with Crippen molar-refractivity contribution in [3.05, 3.63) is 70.7 Å². The van der Waals surface area contributed by atoms with Gasteiger partial charge in [0.25, 0.3) is 0 Å². The van der Waals surface area contributed by atoms with Gasteiger partial charge in [0.05, 0.1) is 18.2 Å². The second kappa shape index (κ2) is 6.89. The van der Waals surface area contributed by atoms with Gasteiger partial charge in [-0.2, -0.15) is 0 Å². The van der Waals surface area contributed by atoms with Gasteiger partial charge in [0.1, 0.15) is 17.2 Å². The summed E-state index contributed by atoms with van der Waals surface area (Å²) in [5.74, 6) is 0.929. The molecule has 0 spiro atoms. The van der Waals surface area contributed by atoms with Gasteiger partial charge >= 0.3 is 5.97 Å². The van der Waals surface area contributed by atoms with E-state index in [1.165, 1.54) is 6.07 Å². The van der Waals surface area contributed by atoms with E-state index in [4.69, 9.17) is 9.15 Å². The van der Waals surface area contributed by atoms with E-state index in [1.54, 1.807) is 25.3 Å². The fourth-order valence-corrected chi connectivity index (χ4v) is 3.25. The quantitative estimate of drug-likeness (QED) is 0.460. The summed E-state index contributed by atoms with van der Waals surface area (Å²) in [4.78, 5) is 16.3. The smallest absolute Gasteiger partial charge is 0.336 e. The molecule has 0 atom stereocenters. The largest absolute Gasteiger partial charge is 0.497 e. The standard InChI is InChI=1S/C21H14BrNO4/c1-26-14-5-2-12(3-6-14)19-8-9-20(27-19)18-11-16(21(24)25)15-10-13(22)4-7-17(15)23-18/h2-11H,1H3,(H,24,25). The summed E-state index contributed by atoms with van der Waals surface area (Å²) >= 11 is 3.37. The van der Waals surface area contributed by atoms with Gasteiger partial charge in [-0.1, -0.05) is 15.9 Å². The first-order valence-corrected chi connectivity index (χ1v) is 8.92. The van der Waals surface area contributed by atoms with Crippen molar-refractivity contribution in [3.8, 4) is 28.5 Å². The third-order valence-electron chi connectivity index (χ3n) is 4.23. The Morgan fingerprint density at radius 3 is 2.48 bits per heavy atom. The number of carboxylic acids is 1. The molecule has 0 aliphatic carbocycles. The minimum Gasteiger partial charge on any atom is -0.497 e. The summed E-state index contributed by atoms with van der Waals surface area (Å²) in [5.41, 5.74) is 2.14. The molecule has 2 aromatic carbocycles. The monoisotopic (exact) mass is 423 g/mol. The zero-order chi connectivity index (χ0) is 19.0. The van der Waals surface area contributed by atoms with Gasteiger partial charge in [-0.05, 0) is 60.7 Å². The van der Waals surface area contributed by atoms with Crippen LogP contribution in [0.5, 0.6) is 5.75 Å². The van der Waals surface area contributed by atoms with Crippen molar-refractivity contribution in [1.29, 1.82) is 0 Å². The van der Waals surface area contributed by atoms with Crippen LogP contribution in [0.4, 0.5) is 0 Å². The number of rotatable bonds is 4. The number of hydrogen-bond acceptors (Lipinski definition) is 4. The van der Waals surface area contributed by atoms with Crippen LogP contribution in [0.1, 0.15) is 10.4 Å². The van der Waals surface area contributed by atoms with E-state index in [1.807, 2.05) is 36.4 Å². The van der Waals surface area contributed by atoms with Crippen molar-refractivity contribution in [2.24, 2.45) is 0 Å². The summed E-state index contributed by atoms with van der Waals surface area (Å²) in [6.07, 6.45) is 0. The topological polar surface area (TPSA) is 72.6 Å². The van der Waals surface area contributed by atoms with Crippen LogP contribution in [0.2, 0.25) is 0 Å². The molecule has 27 heavy (non-hydrogen) atoms. The van der Waals surface area contributed by atoms with Gasteiger partial charge in [0.2, 0.25) is 0 Å². The predicted molar refractivity (Wildman–Crippen MR) is 106 cm³/mol. The first-order chi connectivity index (χ1) is 13.0. The summed E-state index contributed by atoms with van der Waals surface area (Å²) in [5, 5.41) is 10.2. The molecule has 0 aliphatic rings. The molecule has 0 unspecified atom stereocenters. The number of carboxylic acid groups (broad SMARTS) is 1. The molecule has 0 fully saturated rings. The van der Waals surface area contributed by atoms with Crippen LogP contribution in [0, 0.1) is 0 Å². The average Bonchev–Trinajstić information content (AvgIpc) is 3.17. The van der Waals surface area contributed by atoms with Crippen LogP contribution in [0.25, 0.3) is 33.7 Å². The second-order valence-corrected chi connectivity index (χ2v) is 6.83. The van der Waals surface area contributed by atoms with E-state index in [9.17, 15) is 9.90 Å². The fourth-order valence-electron chi connectivity index (χ4n) is 2.89. The van der Waals surface area contributed by atoms with Crippen molar-refractivity contribution in [1.82, 2.24) is 4.98 Å². The van der Waals surface area contributed by atoms with E-state index in [0.29, 0.717) is 28.1 Å². The number of pyridine rings is 1. The number of fused-ring (bicyclic) bond motifs is 1. The Kier molecular flexibility index (Phi) is 4.41. The molecule has 6 heteroatoms. The molecule has 0 radical (unpaired) electrons. The Bertz CT molecular complexity index is 1150. The van der Waals surface area contributed by atoms with Gasteiger partial charge in [0, 0.05) is 15.4 Å². The van der Waals surface area contributed by atoms with Gasteiger partial charge < -0.3 is 14.3 Å². The van der Waals surface area contributed by atoms with E-state index >= 15 is 0 Å². The Balaban J connectivity index is 1.79. The molecule has 134 valence electrons. The highest BCUT2D eigenvalue weighted by Gasteiger charge is 2.16. The molecule has 2 aromatic heterocycles. The van der Waals surface area contributed by atoms with Gasteiger partial charge in [0.15, 0.2) is 5.76 Å². The number of benzene rings is 2.